The first kappa shape index (κ1) is 13.5. The number of esters is 1. The Kier molecular flexibility index (Phi) is 4.50. The minimum Gasteiger partial charge on any atom is -0.469 e. The molecule has 0 aliphatic heterocycles. The highest BCUT2D eigenvalue weighted by Gasteiger charge is 2.13. The average Bonchev–Trinajstić information content (AvgIpc) is 2.63. The average molecular weight is 261 g/mol. The molecular weight excluding hydrogens is 246 g/mol. The minimum absolute atomic E-state index is 0.0861. The Hall–Kier alpha value is -1.57. The SMILES string of the molecule is COC(=O)CCCS(=O)(=O)Nc1ccnn1C. The van der Waals surface area contributed by atoms with Crippen molar-refractivity contribution < 1.29 is 17.9 Å². The number of sulfonamides is 1. The van der Waals surface area contributed by atoms with Crippen molar-refractivity contribution in [3.05, 3.63) is 12.3 Å². The summed E-state index contributed by atoms with van der Waals surface area (Å²) in [5.41, 5.74) is 0. The Morgan fingerprint density at radius 1 is 1.59 bits per heavy atom. The third-order valence-electron chi connectivity index (χ3n) is 2.10. The number of carbonyl (C=O) groups is 1. The molecule has 0 aromatic carbocycles. The predicted molar refractivity (Wildman–Crippen MR) is 61.9 cm³/mol. The van der Waals surface area contributed by atoms with Crippen LogP contribution in [-0.4, -0.2) is 37.0 Å². The van der Waals surface area contributed by atoms with Crippen LogP contribution in [0.5, 0.6) is 0 Å². The van der Waals surface area contributed by atoms with E-state index in [9.17, 15) is 13.2 Å². The van der Waals surface area contributed by atoms with Crippen LogP contribution in [0.1, 0.15) is 12.8 Å². The largest absolute Gasteiger partial charge is 0.469 e. The molecule has 7 nitrogen and oxygen atoms in total. The molecule has 0 aliphatic carbocycles. The van der Waals surface area contributed by atoms with E-state index in [1.807, 2.05) is 0 Å². The van der Waals surface area contributed by atoms with Crippen molar-refractivity contribution in [2.45, 2.75) is 12.8 Å². The first-order valence-electron chi connectivity index (χ1n) is 5.00. The van der Waals surface area contributed by atoms with Gasteiger partial charge in [-0.3, -0.25) is 14.2 Å². The molecule has 0 radical (unpaired) electrons. The lowest BCUT2D eigenvalue weighted by molar-refractivity contribution is -0.140. The Bertz CT molecular complexity index is 480. The van der Waals surface area contributed by atoms with E-state index in [0.29, 0.717) is 5.82 Å². The van der Waals surface area contributed by atoms with Gasteiger partial charge >= 0.3 is 5.97 Å². The number of aromatic nitrogens is 2. The molecule has 1 aromatic heterocycles. The summed E-state index contributed by atoms with van der Waals surface area (Å²) in [6.45, 7) is 0. The maximum atomic E-state index is 11.6. The molecule has 0 fully saturated rings. The van der Waals surface area contributed by atoms with Gasteiger partial charge in [0.1, 0.15) is 5.82 Å². The molecule has 0 unspecified atom stereocenters. The van der Waals surface area contributed by atoms with Crippen LogP contribution in [0, 0.1) is 0 Å². The van der Waals surface area contributed by atoms with E-state index in [1.165, 1.54) is 18.0 Å². The molecule has 0 saturated heterocycles. The molecule has 0 saturated carbocycles. The van der Waals surface area contributed by atoms with Crippen molar-refractivity contribution in [3.63, 3.8) is 0 Å². The standard InChI is InChI=1S/C9H15N3O4S/c1-12-8(5-6-10-12)11-17(14,15)7-3-4-9(13)16-2/h5-6,11H,3-4,7H2,1-2H3. The molecule has 17 heavy (non-hydrogen) atoms. The van der Waals surface area contributed by atoms with E-state index >= 15 is 0 Å². The number of aryl methyl sites for hydroxylation is 1. The van der Waals surface area contributed by atoms with Crippen LogP contribution in [-0.2, 0) is 26.6 Å². The fourth-order valence-corrected chi connectivity index (χ4v) is 2.34. The lowest BCUT2D eigenvalue weighted by Gasteiger charge is -2.07. The van der Waals surface area contributed by atoms with Crippen molar-refractivity contribution in [2.24, 2.45) is 7.05 Å². The molecule has 1 heterocycles. The molecule has 8 heteroatoms. The van der Waals surface area contributed by atoms with Crippen LogP contribution in [0.15, 0.2) is 12.3 Å². The second-order valence-electron chi connectivity index (χ2n) is 3.44. The normalized spacial score (nSPS) is 11.2. The number of nitrogens with one attached hydrogen (secondary N) is 1. The number of methoxy groups -OCH3 is 1. The maximum Gasteiger partial charge on any atom is 0.305 e. The Labute approximate surface area is 99.8 Å². The third kappa shape index (κ3) is 4.43. The third-order valence-corrected chi connectivity index (χ3v) is 3.45. The van der Waals surface area contributed by atoms with E-state index in [0.717, 1.165) is 0 Å². The lowest BCUT2D eigenvalue weighted by atomic mass is 10.3. The van der Waals surface area contributed by atoms with Crippen molar-refractivity contribution in [2.75, 3.05) is 17.6 Å². The predicted octanol–water partition coefficient (Wildman–Crippen LogP) is 0.115. The van der Waals surface area contributed by atoms with Crippen molar-refractivity contribution >= 4 is 21.8 Å². The fourth-order valence-electron chi connectivity index (χ4n) is 1.19. The van der Waals surface area contributed by atoms with E-state index < -0.39 is 16.0 Å². The van der Waals surface area contributed by atoms with Gasteiger partial charge in [0.15, 0.2) is 0 Å². The topological polar surface area (TPSA) is 90.3 Å². The number of ether oxygens (including phenoxy) is 1. The van der Waals surface area contributed by atoms with Gasteiger partial charge in [-0.2, -0.15) is 5.10 Å². The molecule has 0 spiro atoms. The fraction of sp³-hybridized carbons (Fsp3) is 0.556. The summed E-state index contributed by atoms with van der Waals surface area (Å²) in [6, 6.07) is 1.55. The summed E-state index contributed by atoms with van der Waals surface area (Å²) in [6.07, 6.45) is 1.80. The summed E-state index contributed by atoms with van der Waals surface area (Å²) in [4.78, 5) is 10.8. The van der Waals surface area contributed by atoms with Crippen LogP contribution in [0.4, 0.5) is 5.82 Å². The number of hydrogen-bond acceptors (Lipinski definition) is 5. The molecule has 0 aliphatic rings. The van der Waals surface area contributed by atoms with Crippen LogP contribution in [0.3, 0.4) is 0 Å². The molecule has 1 N–H and O–H groups in total. The van der Waals surface area contributed by atoms with E-state index in [1.54, 1.807) is 13.1 Å². The zero-order valence-electron chi connectivity index (χ0n) is 9.71. The molecule has 0 amide bonds. The number of hydrogen-bond donors (Lipinski definition) is 1. The maximum absolute atomic E-state index is 11.6. The first-order chi connectivity index (χ1) is 7.94. The number of anilines is 1. The zero-order valence-corrected chi connectivity index (χ0v) is 10.5. The van der Waals surface area contributed by atoms with Crippen LogP contribution in [0.2, 0.25) is 0 Å². The van der Waals surface area contributed by atoms with E-state index in [2.05, 4.69) is 14.6 Å². The van der Waals surface area contributed by atoms with Crippen LogP contribution in [0.25, 0.3) is 0 Å². The quantitative estimate of drug-likeness (QED) is 0.734. The van der Waals surface area contributed by atoms with Gasteiger partial charge < -0.3 is 4.74 Å². The van der Waals surface area contributed by atoms with Gasteiger partial charge in [-0.15, -0.1) is 0 Å². The Morgan fingerprint density at radius 3 is 2.82 bits per heavy atom. The monoisotopic (exact) mass is 261 g/mol. The summed E-state index contributed by atoms with van der Waals surface area (Å²) in [5, 5.41) is 3.84. The molecule has 1 aromatic rings. The number of nitrogens with zero attached hydrogens (tertiary/aromatic N) is 2. The minimum atomic E-state index is -3.45. The second-order valence-corrected chi connectivity index (χ2v) is 5.28. The highest BCUT2D eigenvalue weighted by atomic mass is 32.2. The summed E-state index contributed by atoms with van der Waals surface area (Å²) < 4.78 is 31.4. The second kappa shape index (κ2) is 5.67. The molecule has 1 rings (SSSR count). The van der Waals surface area contributed by atoms with Crippen molar-refractivity contribution in [1.82, 2.24) is 9.78 Å². The van der Waals surface area contributed by atoms with Crippen LogP contribution < -0.4 is 4.72 Å². The summed E-state index contributed by atoms with van der Waals surface area (Å²) in [7, 11) is -0.550. The lowest BCUT2D eigenvalue weighted by Crippen LogP contribution is -2.19. The Morgan fingerprint density at radius 2 is 2.29 bits per heavy atom. The highest BCUT2D eigenvalue weighted by molar-refractivity contribution is 7.92. The summed E-state index contributed by atoms with van der Waals surface area (Å²) in [5.74, 6) is -0.156. The Balaban J connectivity index is 2.47. The van der Waals surface area contributed by atoms with Gasteiger partial charge in [0.05, 0.1) is 19.1 Å². The summed E-state index contributed by atoms with van der Waals surface area (Å²) >= 11 is 0. The zero-order chi connectivity index (χ0) is 12.9. The van der Waals surface area contributed by atoms with Gasteiger partial charge in [0.2, 0.25) is 10.0 Å². The van der Waals surface area contributed by atoms with Gasteiger partial charge in [-0.1, -0.05) is 0 Å². The van der Waals surface area contributed by atoms with Crippen LogP contribution >= 0.6 is 0 Å². The van der Waals surface area contributed by atoms with E-state index in [-0.39, 0.29) is 18.6 Å². The first-order valence-corrected chi connectivity index (χ1v) is 6.65. The van der Waals surface area contributed by atoms with Crippen molar-refractivity contribution in [3.8, 4) is 0 Å². The van der Waals surface area contributed by atoms with Gasteiger partial charge in [-0.05, 0) is 6.42 Å². The van der Waals surface area contributed by atoms with E-state index in [4.69, 9.17) is 0 Å². The van der Waals surface area contributed by atoms with Gasteiger partial charge in [0.25, 0.3) is 0 Å². The van der Waals surface area contributed by atoms with Crippen molar-refractivity contribution in [1.29, 1.82) is 0 Å². The smallest absolute Gasteiger partial charge is 0.305 e. The molecular formula is C9H15N3O4S. The van der Waals surface area contributed by atoms with Gasteiger partial charge in [0, 0.05) is 19.5 Å². The number of carbonyl (C=O) groups excluding carboxylic acids is 1. The highest BCUT2D eigenvalue weighted by Crippen LogP contribution is 2.08. The number of rotatable bonds is 6. The molecule has 0 bridgehead atoms. The molecule has 96 valence electrons. The molecule has 0 atom stereocenters. The van der Waals surface area contributed by atoms with Gasteiger partial charge in [-0.25, -0.2) is 8.42 Å².